The van der Waals surface area contributed by atoms with Crippen LogP contribution in [0.25, 0.3) is 0 Å². The first-order chi connectivity index (χ1) is 10.1. The molecule has 0 atom stereocenters. The highest BCUT2D eigenvalue weighted by Gasteiger charge is 2.20. The van der Waals surface area contributed by atoms with Crippen LogP contribution in [0.2, 0.25) is 0 Å². The van der Waals surface area contributed by atoms with Crippen molar-refractivity contribution in [3.63, 3.8) is 0 Å². The van der Waals surface area contributed by atoms with E-state index in [-0.39, 0.29) is 23.7 Å². The van der Waals surface area contributed by atoms with Crippen LogP contribution >= 0.6 is 0 Å². The minimum absolute atomic E-state index is 0.137. The Bertz CT molecular complexity index is 760. The first-order valence-electron chi connectivity index (χ1n) is 5.93. The molecule has 6 nitrogen and oxygen atoms in total. The van der Waals surface area contributed by atoms with Gasteiger partial charge in [0.2, 0.25) is 5.91 Å². The van der Waals surface area contributed by atoms with Gasteiger partial charge in [-0.05, 0) is 24.1 Å². The fourth-order valence-corrected chi connectivity index (χ4v) is 1.97. The summed E-state index contributed by atoms with van der Waals surface area (Å²) in [5.74, 6) is -0.763. The van der Waals surface area contributed by atoms with Crippen LogP contribution in [0.3, 0.4) is 0 Å². The van der Waals surface area contributed by atoms with Gasteiger partial charge in [0, 0.05) is 6.42 Å². The van der Waals surface area contributed by atoms with E-state index >= 15 is 0 Å². The van der Waals surface area contributed by atoms with E-state index in [1.54, 1.807) is 18.2 Å². The van der Waals surface area contributed by atoms with Crippen molar-refractivity contribution in [2.45, 2.75) is 12.8 Å². The molecule has 0 aliphatic carbocycles. The van der Waals surface area contributed by atoms with Gasteiger partial charge in [0.1, 0.15) is 29.7 Å². The van der Waals surface area contributed by atoms with E-state index in [0.717, 1.165) is 6.07 Å². The normalized spacial score (nSPS) is 12.0. The summed E-state index contributed by atoms with van der Waals surface area (Å²) in [5.41, 5.74) is 0.364. The van der Waals surface area contributed by atoms with E-state index in [4.69, 9.17) is 15.8 Å². The Morgan fingerprint density at radius 2 is 1.90 bits per heavy atom. The molecule has 0 spiro atoms. The third-order valence-electron chi connectivity index (χ3n) is 2.92. The number of benzene rings is 1. The lowest BCUT2D eigenvalue weighted by Gasteiger charge is -2.20. The number of fused-ring (bicyclic) bond motifs is 1. The third kappa shape index (κ3) is 2.80. The molecule has 2 rings (SSSR count). The van der Waals surface area contributed by atoms with E-state index in [1.165, 1.54) is 6.07 Å². The Morgan fingerprint density at radius 1 is 1.19 bits per heavy atom. The highest BCUT2D eigenvalue weighted by molar-refractivity contribution is 5.98. The van der Waals surface area contributed by atoms with Crippen LogP contribution < -0.4 is 10.6 Å². The molecule has 2 N–H and O–H groups in total. The number of amides is 1. The van der Waals surface area contributed by atoms with Crippen molar-refractivity contribution in [2.24, 2.45) is 0 Å². The van der Waals surface area contributed by atoms with Crippen molar-refractivity contribution >= 4 is 17.3 Å². The summed E-state index contributed by atoms with van der Waals surface area (Å²) >= 11 is 0. The molecule has 1 aliphatic heterocycles. The molecule has 1 amide bonds. The molecule has 21 heavy (non-hydrogen) atoms. The first-order valence-corrected chi connectivity index (χ1v) is 5.93. The number of nitrogens with one attached hydrogen (secondary N) is 2. The van der Waals surface area contributed by atoms with Crippen molar-refractivity contribution in [3.8, 4) is 18.2 Å². The standard InChI is InChI=1S/C14H8FN5O/c15-10-3-8-1-2-13(21)20-14(8)11(4-10)19-12(7-18)9(5-16)6-17/h3-4,19H,1-2H2,(H,20,21). The van der Waals surface area contributed by atoms with Gasteiger partial charge in [0.15, 0.2) is 5.57 Å². The van der Waals surface area contributed by atoms with Gasteiger partial charge in [-0.1, -0.05) is 0 Å². The summed E-state index contributed by atoms with van der Waals surface area (Å²) in [7, 11) is 0. The number of rotatable bonds is 2. The quantitative estimate of drug-likeness (QED) is 0.804. The van der Waals surface area contributed by atoms with Gasteiger partial charge in [0.25, 0.3) is 0 Å². The number of hydrogen-bond acceptors (Lipinski definition) is 5. The molecule has 0 bridgehead atoms. The van der Waals surface area contributed by atoms with Crippen molar-refractivity contribution in [1.29, 1.82) is 15.8 Å². The maximum atomic E-state index is 13.6. The average molecular weight is 281 g/mol. The van der Waals surface area contributed by atoms with E-state index in [0.29, 0.717) is 17.7 Å². The highest BCUT2D eigenvalue weighted by atomic mass is 19.1. The van der Waals surface area contributed by atoms with Gasteiger partial charge in [-0.2, -0.15) is 15.8 Å². The number of aryl methyl sites for hydroxylation is 1. The average Bonchev–Trinajstić information content (AvgIpc) is 2.47. The Kier molecular flexibility index (Phi) is 3.83. The Morgan fingerprint density at radius 3 is 2.52 bits per heavy atom. The number of allylic oxidation sites excluding steroid dienone is 2. The predicted molar refractivity (Wildman–Crippen MR) is 70.8 cm³/mol. The molecular formula is C14H8FN5O. The van der Waals surface area contributed by atoms with Crippen LogP contribution in [0.15, 0.2) is 23.4 Å². The second-order valence-electron chi connectivity index (χ2n) is 4.25. The minimum atomic E-state index is -0.542. The molecule has 0 saturated carbocycles. The number of anilines is 2. The van der Waals surface area contributed by atoms with E-state index < -0.39 is 11.4 Å². The topological polar surface area (TPSA) is 112 Å². The molecule has 0 fully saturated rings. The van der Waals surface area contributed by atoms with Crippen molar-refractivity contribution in [1.82, 2.24) is 0 Å². The zero-order valence-electron chi connectivity index (χ0n) is 10.7. The molecule has 1 aliphatic rings. The predicted octanol–water partition coefficient (Wildman–Crippen LogP) is 1.95. The summed E-state index contributed by atoms with van der Waals surface area (Å²) in [6.45, 7) is 0. The second-order valence-corrected chi connectivity index (χ2v) is 4.25. The van der Waals surface area contributed by atoms with E-state index in [2.05, 4.69) is 10.6 Å². The summed E-state index contributed by atoms with van der Waals surface area (Å²) in [6.07, 6.45) is 0.626. The fraction of sp³-hybridized carbons (Fsp3) is 0.143. The molecule has 0 unspecified atom stereocenters. The highest BCUT2D eigenvalue weighted by Crippen LogP contribution is 2.32. The molecule has 0 aromatic heterocycles. The van der Waals surface area contributed by atoms with Crippen LogP contribution in [0.5, 0.6) is 0 Å². The van der Waals surface area contributed by atoms with Gasteiger partial charge >= 0.3 is 0 Å². The van der Waals surface area contributed by atoms with Gasteiger partial charge in [-0.15, -0.1) is 0 Å². The molecule has 1 aromatic rings. The van der Waals surface area contributed by atoms with Gasteiger partial charge in [-0.3, -0.25) is 4.79 Å². The Balaban J connectivity index is 2.51. The van der Waals surface area contributed by atoms with E-state index in [9.17, 15) is 9.18 Å². The lowest BCUT2D eigenvalue weighted by atomic mass is 10.0. The number of nitriles is 3. The van der Waals surface area contributed by atoms with Crippen LogP contribution in [-0.4, -0.2) is 5.91 Å². The van der Waals surface area contributed by atoms with Crippen molar-refractivity contribution in [3.05, 3.63) is 34.8 Å². The van der Waals surface area contributed by atoms with Crippen LogP contribution in [0.4, 0.5) is 15.8 Å². The van der Waals surface area contributed by atoms with Gasteiger partial charge < -0.3 is 10.6 Å². The summed E-state index contributed by atoms with van der Waals surface area (Å²) in [6, 6.07) is 7.22. The smallest absolute Gasteiger partial charge is 0.224 e. The lowest BCUT2D eigenvalue weighted by Crippen LogP contribution is -2.20. The maximum absolute atomic E-state index is 13.6. The summed E-state index contributed by atoms with van der Waals surface area (Å²) in [4.78, 5) is 11.5. The number of nitrogens with zero attached hydrogens (tertiary/aromatic N) is 3. The molecule has 0 radical (unpaired) electrons. The zero-order chi connectivity index (χ0) is 15.4. The Hall–Kier alpha value is -3.37. The van der Waals surface area contributed by atoms with Crippen LogP contribution in [0, 0.1) is 39.8 Å². The number of carbonyl (C=O) groups is 1. The SMILES string of the molecule is N#CC(C#N)=C(C#N)Nc1cc(F)cc2c1NC(=O)CC2. The monoisotopic (exact) mass is 281 g/mol. The fourth-order valence-electron chi connectivity index (χ4n) is 1.97. The Labute approximate surface area is 119 Å². The van der Waals surface area contributed by atoms with Gasteiger partial charge in [0.05, 0.1) is 11.4 Å². The largest absolute Gasteiger partial charge is 0.343 e. The lowest BCUT2D eigenvalue weighted by molar-refractivity contribution is -0.116. The molecular weight excluding hydrogens is 273 g/mol. The number of carbonyl (C=O) groups excluding carboxylic acids is 1. The molecule has 1 aromatic carbocycles. The zero-order valence-corrected chi connectivity index (χ0v) is 10.7. The van der Waals surface area contributed by atoms with Gasteiger partial charge in [-0.25, -0.2) is 4.39 Å². The second kappa shape index (κ2) is 5.73. The molecule has 1 heterocycles. The molecule has 7 heteroatoms. The summed E-state index contributed by atoms with van der Waals surface area (Å²) in [5, 5.41) is 31.7. The molecule has 0 saturated heterocycles. The number of hydrogen-bond donors (Lipinski definition) is 2. The maximum Gasteiger partial charge on any atom is 0.224 e. The van der Waals surface area contributed by atoms with Crippen LogP contribution in [0.1, 0.15) is 12.0 Å². The molecule has 102 valence electrons. The van der Waals surface area contributed by atoms with Crippen molar-refractivity contribution < 1.29 is 9.18 Å². The van der Waals surface area contributed by atoms with Crippen LogP contribution in [-0.2, 0) is 11.2 Å². The first kappa shape index (κ1) is 14.0. The summed E-state index contributed by atoms with van der Waals surface area (Å²) < 4.78 is 13.6. The van der Waals surface area contributed by atoms with E-state index in [1.807, 2.05) is 0 Å². The third-order valence-corrected chi connectivity index (χ3v) is 2.92. The minimum Gasteiger partial charge on any atom is -0.343 e. The van der Waals surface area contributed by atoms with Crippen molar-refractivity contribution in [2.75, 3.05) is 10.6 Å². The number of halogens is 1.